The first kappa shape index (κ1) is 15.5. The molecule has 0 radical (unpaired) electrons. The van der Waals surface area contributed by atoms with Gasteiger partial charge >= 0.3 is 0 Å². The van der Waals surface area contributed by atoms with Gasteiger partial charge in [0.15, 0.2) is 0 Å². The van der Waals surface area contributed by atoms with Crippen LogP contribution in [0.4, 0.5) is 5.69 Å². The lowest BCUT2D eigenvalue weighted by Gasteiger charge is -2.21. The highest BCUT2D eigenvalue weighted by molar-refractivity contribution is 7.89. The number of rotatable bonds is 6. The second-order valence-corrected chi connectivity index (χ2v) is 6.87. The van der Waals surface area contributed by atoms with Gasteiger partial charge in [0.25, 0.3) is 0 Å². The van der Waals surface area contributed by atoms with E-state index in [1.54, 1.807) is 19.2 Å². The Balaban J connectivity index is 2.27. The molecular weight excluding hydrogens is 288 g/mol. The SMILES string of the molecule is CCCN(Cc1ccc(N)cc1)S(=O)(=O)c1cnn(C)c1. The molecule has 21 heavy (non-hydrogen) atoms. The summed E-state index contributed by atoms with van der Waals surface area (Å²) in [5, 5.41) is 3.94. The number of nitrogen functional groups attached to an aromatic ring is 1. The maximum atomic E-state index is 12.7. The van der Waals surface area contributed by atoms with Crippen LogP contribution in [-0.4, -0.2) is 29.0 Å². The van der Waals surface area contributed by atoms with E-state index in [1.807, 2.05) is 19.1 Å². The number of nitrogens with zero attached hydrogens (tertiary/aromatic N) is 3. The third-order valence-electron chi connectivity index (χ3n) is 3.13. The van der Waals surface area contributed by atoms with Crippen molar-refractivity contribution in [3.8, 4) is 0 Å². The van der Waals surface area contributed by atoms with Crippen LogP contribution in [0.2, 0.25) is 0 Å². The van der Waals surface area contributed by atoms with Crippen molar-refractivity contribution >= 4 is 15.7 Å². The smallest absolute Gasteiger partial charge is 0.246 e. The number of hydrogen-bond donors (Lipinski definition) is 1. The maximum Gasteiger partial charge on any atom is 0.246 e. The molecule has 2 aromatic rings. The fourth-order valence-electron chi connectivity index (χ4n) is 2.04. The number of aryl methyl sites for hydroxylation is 1. The van der Waals surface area contributed by atoms with Crippen molar-refractivity contribution in [2.45, 2.75) is 24.8 Å². The summed E-state index contributed by atoms with van der Waals surface area (Å²) >= 11 is 0. The summed E-state index contributed by atoms with van der Waals surface area (Å²) in [7, 11) is -1.83. The van der Waals surface area contributed by atoms with Gasteiger partial charge in [-0.2, -0.15) is 9.40 Å². The van der Waals surface area contributed by atoms with Gasteiger partial charge in [-0.25, -0.2) is 8.42 Å². The third-order valence-corrected chi connectivity index (χ3v) is 4.93. The molecule has 2 N–H and O–H groups in total. The zero-order chi connectivity index (χ0) is 15.5. The predicted molar refractivity (Wildman–Crippen MR) is 81.9 cm³/mol. The van der Waals surface area contributed by atoms with Gasteiger partial charge < -0.3 is 5.73 Å². The zero-order valence-electron chi connectivity index (χ0n) is 12.2. The molecule has 1 aromatic heterocycles. The second-order valence-electron chi connectivity index (χ2n) is 4.93. The van der Waals surface area contributed by atoms with Crippen LogP contribution in [0.25, 0.3) is 0 Å². The Morgan fingerprint density at radius 2 is 1.95 bits per heavy atom. The molecule has 0 atom stereocenters. The summed E-state index contributed by atoms with van der Waals surface area (Å²) in [6.07, 6.45) is 3.64. The summed E-state index contributed by atoms with van der Waals surface area (Å²) in [6, 6.07) is 7.24. The van der Waals surface area contributed by atoms with Gasteiger partial charge in [-0.1, -0.05) is 19.1 Å². The number of anilines is 1. The molecule has 0 saturated heterocycles. The summed E-state index contributed by atoms with van der Waals surface area (Å²) in [5.74, 6) is 0. The number of hydrogen-bond acceptors (Lipinski definition) is 4. The van der Waals surface area contributed by atoms with Crippen molar-refractivity contribution in [3.05, 3.63) is 42.2 Å². The molecule has 0 fully saturated rings. The van der Waals surface area contributed by atoms with Gasteiger partial charge in [0.05, 0.1) is 6.20 Å². The molecule has 1 heterocycles. The monoisotopic (exact) mass is 308 g/mol. The highest BCUT2D eigenvalue weighted by Gasteiger charge is 2.25. The Labute approximate surface area is 125 Å². The zero-order valence-corrected chi connectivity index (χ0v) is 13.0. The molecule has 7 heteroatoms. The van der Waals surface area contributed by atoms with Crippen LogP contribution in [0.5, 0.6) is 0 Å². The topological polar surface area (TPSA) is 81.2 Å². The van der Waals surface area contributed by atoms with Crippen molar-refractivity contribution < 1.29 is 8.42 Å². The average Bonchev–Trinajstić information content (AvgIpc) is 2.88. The van der Waals surface area contributed by atoms with Crippen LogP contribution in [0.15, 0.2) is 41.6 Å². The van der Waals surface area contributed by atoms with Crippen LogP contribution in [0.1, 0.15) is 18.9 Å². The molecule has 0 amide bonds. The van der Waals surface area contributed by atoms with Gasteiger partial charge in [-0.3, -0.25) is 4.68 Å². The molecule has 2 rings (SSSR count). The van der Waals surface area contributed by atoms with Crippen molar-refractivity contribution in [2.75, 3.05) is 12.3 Å². The molecule has 0 saturated carbocycles. The predicted octanol–water partition coefficient (Wildman–Crippen LogP) is 1.60. The Bertz CT molecular complexity index is 692. The van der Waals surface area contributed by atoms with Crippen LogP contribution < -0.4 is 5.73 Å². The maximum absolute atomic E-state index is 12.7. The molecule has 0 spiro atoms. The van der Waals surface area contributed by atoms with E-state index in [2.05, 4.69) is 5.10 Å². The van der Waals surface area contributed by atoms with E-state index in [4.69, 9.17) is 5.73 Å². The highest BCUT2D eigenvalue weighted by atomic mass is 32.2. The van der Waals surface area contributed by atoms with Crippen molar-refractivity contribution in [2.24, 2.45) is 7.05 Å². The molecule has 0 aliphatic rings. The summed E-state index contributed by atoms with van der Waals surface area (Å²) < 4.78 is 28.3. The first-order chi connectivity index (χ1) is 9.93. The molecular formula is C14H20N4O2S. The fraction of sp³-hybridized carbons (Fsp3) is 0.357. The Hall–Kier alpha value is -1.86. The van der Waals surface area contributed by atoms with E-state index in [0.29, 0.717) is 18.8 Å². The van der Waals surface area contributed by atoms with Crippen LogP contribution >= 0.6 is 0 Å². The lowest BCUT2D eigenvalue weighted by molar-refractivity contribution is 0.405. The van der Waals surface area contributed by atoms with Crippen LogP contribution in [-0.2, 0) is 23.6 Å². The molecule has 0 aliphatic carbocycles. The Morgan fingerprint density at radius 1 is 1.29 bits per heavy atom. The lowest BCUT2D eigenvalue weighted by atomic mass is 10.2. The number of benzene rings is 1. The van der Waals surface area contributed by atoms with E-state index in [-0.39, 0.29) is 4.90 Å². The summed E-state index contributed by atoms with van der Waals surface area (Å²) in [4.78, 5) is 0.217. The van der Waals surface area contributed by atoms with E-state index < -0.39 is 10.0 Å². The van der Waals surface area contributed by atoms with E-state index >= 15 is 0 Å². The molecule has 114 valence electrons. The van der Waals surface area contributed by atoms with E-state index in [0.717, 1.165) is 12.0 Å². The van der Waals surface area contributed by atoms with Crippen molar-refractivity contribution in [3.63, 3.8) is 0 Å². The minimum atomic E-state index is -3.53. The van der Waals surface area contributed by atoms with Crippen molar-refractivity contribution in [1.82, 2.24) is 14.1 Å². The minimum absolute atomic E-state index is 0.217. The Kier molecular flexibility index (Phi) is 4.64. The largest absolute Gasteiger partial charge is 0.399 e. The normalized spacial score (nSPS) is 12.0. The third kappa shape index (κ3) is 3.62. The lowest BCUT2D eigenvalue weighted by Crippen LogP contribution is -2.31. The second kappa shape index (κ2) is 6.28. The van der Waals surface area contributed by atoms with Gasteiger partial charge in [0, 0.05) is 32.0 Å². The molecule has 0 bridgehead atoms. The minimum Gasteiger partial charge on any atom is -0.399 e. The Morgan fingerprint density at radius 3 is 2.48 bits per heavy atom. The quantitative estimate of drug-likeness (QED) is 0.822. The number of sulfonamides is 1. The fourth-order valence-corrected chi connectivity index (χ4v) is 3.55. The van der Waals surface area contributed by atoms with Gasteiger partial charge in [0.1, 0.15) is 4.90 Å². The van der Waals surface area contributed by atoms with Crippen LogP contribution in [0.3, 0.4) is 0 Å². The first-order valence-corrected chi connectivity index (χ1v) is 8.20. The number of nitrogens with two attached hydrogens (primary N) is 1. The van der Waals surface area contributed by atoms with Gasteiger partial charge in [-0.05, 0) is 24.1 Å². The molecule has 6 nitrogen and oxygen atoms in total. The van der Waals surface area contributed by atoms with Crippen molar-refractivity contribution in [1.29, 1.82) is 0 Å². The first-order valence-electron chi connectivity index (χ1n) is 6.76. The van der Waals surface area contributed by atoms with Gasteiger partial charge in [0.2, 0.25) is 10.0 Å². The summed E-state index contributed by atoms with van der Waals surface area (Å²) in [6.45, 7) is 2.74. The van der Waals surface area contributed by atoms with Crippen LogP contribution in [0, 0.1) is 0 Å². The number of aromatic nitrogens is 2. The highest BCUT2D eigenvalue weighted by Crippen LogP contribution is 2.18. The molecule has 1 aromatic carbocycles. The average molecular weight is 308 g/mol. The van der Waals surface area contributed by atoms with E-state index in [1.165, 1.54) is 21.4 Å². The van der Waals surface area contributed by atoms with E-state index in [9.17, 15) is 8.42 Å². The molecule has 0 aliphatic heterocycles. The summed E-state index contributed by atoms with van der Waals surface area (Å²) in [5.41, 5.74) is 7.22. The molecule has 0 unspecified atom stereocenters. The standard InChI is InChI=1S/C14H20N4O2S/c1-3-8-18(10-12-4-6-13(15)7-5-12)21(19,20)14-9-16-17(2)11-14/h4-7,9,11H,3,8,10,15H2,1-2H3. The van der Waals surface area contributed by atoms with Gasteiger partial charge in [-0.15, -0.1) is 0 Å².